The summed E-state index contributed by atoms with van der Waals surface area (Å²) in [6.45, 7) is 3.16. The largest absolute Gasteiger partial charge is 0.466 e. The van der Waals surface area contributed by atoms with Crippen molar-refractivity contribution in [3.8, 4) is 0 Å². The van der Waals surface area contributed by atoms with Crippen LogP contribution >= 0.6 is 0 Å². The maximum atomic E-state index is 12.0. The molecule has 0 saturated heterocycles. The highest BCUT2D eigenvalue weighted by Gasteiger charge is 2.19. The fourth-order valence-corrected chi connectivity index (χ4v) is 2.40. The number of carbonyl (C=O) groups excluding carboxylic acids is 2. The fourth-order valence-electron chi connectivity index (χ4n) is 2.40. The van der Waals surface area contributed by atoms with Crippen molar-refractivity contribution in [1.29, 1.82) is 0 Å². The number of aliphatic imine (C=N–C) groups is 1. The SMILES string of the molecule is CCOC(=O)CCCCCCn1cnc2c1C(=O)CN=CN2. The van der Waals surface area contributed by atoms with Crippen LogP contribution in [0.25, 0.3) is 0 Å². The maximum absolute atomic E-state index is 12.0. The second-order valence-corrected chi connectivity index (χ2v) is 5.14. The highest BCUT2D eigenvalue weighted by Crippen LogP contribution is 2.17. The number of nitrogens with one attached hydrogen (secondary N) is 1. The minimum Gasteiger partial charge on any atom is -0.466 e. The van der Waals surface area contributed by atoms with Crippen LogP contribution in [0.3, 0.4) is 0 Å². The minimum atomic E-state index is -0.126. The summed E-state index contributed by atoms with van der Waals surface area (Å²) in [7, 11) is 0. The normalized spacial score (nSPS) is 13.4. The molecule has 0 aliphatic carbocycles. The molecule has 0 amide bonds. The van der Waals surface area contributed by atoms with Crippen LogP contribution in [0.1, 0.15) is 49.5 Å². The molecular formula is C15H22N4O3. The number of anilines is 1. The first-order chi connectivity index (χ1) is 10.7. The molecule has 0 unspecified atom stereocenters. The summed E-state index contributed by atoms with van der Waals surface area (Å²) in [6.07, 6.45) is 7.45. The molecule has 0 aromatic carbocycles. The second kappa shape index (κ2) is 8.31. The minimum absolute atomic E-state index is 0.0175. The molecular weight excluding hydrogens is 284 g/mol. The molecule has 1 aliphatic rings. The Balaban J connectivity index is 1.71. The van der Waals surface area contributed by atoms with Gasteiger partial charge < -0.3 is 14.6 Å². The van der Waals surface area contributed by atoms with E-state index < -0.39 is 0 Å². The van der Waals surface area contributed by atoms with Crippen LogP contribution in [0.15, 0.2) is 11.3 Å². The lowest BCUT2D eigenvalue weighted by atomic mass is 10.1. The lowest BCUT2D eigenvalue weighted by Crippen LogP contribution is -2.11. The van der Waals surface area contributed by atoms with Crippen LogP contribution < -0.4 is 5.32 Å². The summed E-state index contributed by atoms with van der Waals surface area (Å²) >= 11 is 0. The molecule has 0 spiro atoms. The van der Waals surface area contributed by atoms with Crippen molar-refractivity contribution in [2.75, 3.05) is 18.5 Å². The third kappa shape index (κ3) is 4.41. The zero-order valence-electron chi connectivity index (χ0n) is 12.9. The Morgan fingerprint density at radius 3 is 3.00 bits per heavy atom. The third-order valence-corrected chi connectivity index (χ3v) is 3.46. The van der Waals surface area contributed by atoms with Gasteiger partial charge in [-0.3, -0.25) is 14.6 Å². The number of aromatic nitrogens is 2. The summed E-state index contributed by atoms with van der Waals surface area (Å²) in [6, 6.07) is 0. The van der Waals surface area contributed by atoms with Gasteiger partial charge in [0, 0.05) is 13.0 Å². The Labute approximate surface area is 129 Å². The number of imidazole rings is 1. The number of carbonyl (C=O) groups is 2. The molecule has 22 heavy (non-hydrogen) atoms. The summed E-state index contributed by atoms with van der Waals surface area (Å²) in [5, 5.41) is 2.92. The van der Waals surface area contributed by atoms with E-state index in [9.17, 15) is 9.59 Å². The molecule has 1 aromatic heterocycles. The Kier molecular flexibility index (Phi) is 6.12. The number of unbranched alkanes of at least 4 members (excludes halogenated alkanes) is 3. The number of Topliss-reactive ketones (excluding diaryl/α,β-unsaturated/α-hetero) is 1. The zero-order chi connectivity index (χ0) is 15.8. The fraction of sp³-hybridized carbons (Fsp3) is 0.600. The highest BCUT2D eigenvalue weighted by molar-refractivity contribution is 6.04. The van der Waals surface area contributed by atoms with Gasteiger partial charge in [0.1, 0.15) is 12.2 Å². The summed E-state index contributed by atoms with van der Waals surface area (Å²) in [4.78, 5) is 31.3. The quantitative estimate of drug-likeness (QED) is 0.586. The summed E-state index contributed by atoms with van der Waals surface area (Å²) in [5.74, 6) is 0.434. The zero-order valence-corrected chi connectivity index (χ0v) is 12.9. The highest BCUT2D eigenvalue weighted by atomic mass is 16.5. The van der Waals surface area contributed by atoms with Crippen molar-refractivity contribution in [3.05, 3.63) is 12.0 Å². The molecule has 2 rings (SSSR count). The first-order valence-electron chi connectivity index (χ1n) is 7.71. The number of nitrogens with zero attached hydrogens (tertiary/aromatic N) is 3. The van der Waals surface area contributed by atoms with E-state index in [1.54, 1.807) is 6.33 Å². The molecule has 0 fully saturated rings. The smallest absolute Gasteiger partial charge is 0.305 e. The number of hydrogen-bond donors (Lipinski definition) is 1. The van der Waals surface area contributed by atoms with Gasteiger partial charge in [-0.25, -0.2) is 4.98 Å². The number of esters is 1. The molecule has 7 heteroatoms. The topological polar surface area (TPSA) is 85.6 Å². The average molecular weight is 306 g/mol. The average Bonchev–Trinajstić information content (AvgIpc) is 2.81. The molecule has 0 radical (unpaired) electrons. The van der Waals surface area contributed by atoms with E-state index in [1.807, 2.05) is 11.5 Å². The van der Waals surface area contributed by atoms with Gasteiger partial charge in [-0.05, 0) is 19.8 Å². The predicted octanol–water partition coefficient (Wildman–Crippen LogP) is 2.03. The Morgan fingerprint density at radius 2 is 2.18 bits per heavy atom. The van der Waals surface area contributed by atoms with Gasteiger partial charge in [-0.1, -0.05) is 12.8 Å². The maximum Gasteiger partial charge on any atom is 0.305 e. The standard InChI is InChI=1S/C15H22N4O3/c1-2-22-13(21)7-5-3-4-6-8-19-11-18-15-14(19)12(20)9-16-10-17-15/h10-11H,2-9H2,1H3,(H,16,17). The van der Waals surface area contributed by atoms with Gasteiger partial charge in [0.05, 0.1) is 19.3 Å². The number of rotatable bonds is 8. The molecule has 0 atom stereocenters. The van der Waals surface area contributed by atoms with Crippen LogP contribution in [0.5, 0.6) is 0 Å². The van der Waals surface area contributed by atoms with Crippen LogP contribution in [-0.4, -0.2) is 40.8 Å². The molecule has 1 aromatic rings. The van der Waals surface area contributed by atoms with Crippen molar-refractivity contribution in [2.24, 2.45) is 4.99 Å². The van der Waals surface area contributed by atoms with E-state index in [0.717, 1.165) is 32.2 Å². The molecule has 120 valence electrons. The van der Waals surface area contributed by atoms with E-state index in [2.05, 4.69) is 15.3 Å². The molecule has 1 aliphatic heterocycles. The van der Waals surface area contributed by atoms with Gasteiger partial charge in [0.15, 0.2) is 5.82 Å². The molecule has 2 heterocycles. The Morgan fingerprint density at radius 1 is 1.36 bits per heavy atom. The number of hydrogen-bond acceptors (Lipinski definition) is 6. The lowest BCUT2D eigenvalue weighted by molar-refractivity contribution is -0.143. The van der Waals surface area contributed by atoms with Gasteiger partial charge in [0.25, 0.3) is 0 Å². The first-order valence-corrected chi connectivity index (χ1v) is 7.71. The van der Waals surface area contributed by atoms with Crippen molar-refractivity contribution in [1.82, 2.24) is 9.55 Å². The lowest BCUT2D eigenvalue weighted by Gasteiger charge is -2.07. The molecule has 0 bridgehead atoms. The number of fused-ring (bicyclic) bond motifs is 1. The van der Waals surface area contributed by atoms with Crippen molar-refractivity contribution < 1.29 is 14.3 Å². The van der Waals surface area contributed by atoms with Crippen molar-refractivity contribution in [2.45, 2.75) is 45.6 Å². The van der Waals surface area contributed by atoms with E-state index in [0.29, 0.717) is 24.5 Å². The number of aryl methyl sites for hydroxylation is 1. The molecule has 1 N–H and O–H groups in total. The van der Waals surface area contributed by atoms with Crippen LogP contribution in [0, 0.1) is 0 Å². The molecule has 7 nitrogen and oxygen atoms in total. The van der Waals surface area contributed by atoms with E-state index in [4.69, 9.17) is 4.74 Å². The summed E-state index contributed by atoms with van der Waals surface area (Å²) < 4.78 is 6.77. The Bertz CT molecular complexity index is 551. The summed E-state index contributed by atoms with van der Waals surface area (Å²) in [5.41, 5.74) is 0.601. The van der Waals surface area contributed by atoms with Gasteiger partial charge in [0.2, 0.25) is 5.78 Å². The van der Waals surface area contributed by atoms with Gasteiger partial charge >= 0.3 is 5.97 Å². The van der Waals surface area contributed by atoms with Gasteiger partial charge in [-0.15, -0.1) is 0 Å². The Hall–Kier alpha value is -2.18. The van der Waals surface area contributed by atoms with E-state index >= 15 is 0 Å². The molecule has 0 saturated carbocycles. The van der Waals surface area contributed by atoms with Gasteiger partial charge in [-0.2, -0.15) is 0 Å². The predicted molar refractivity (Wildman–Crippen MR) is 83.3 cm³/mol. The third-order valence-electron chi connectivity index (χ3n) is 3.46. The van der Waals surface area contributed by atoms with E-state index in [-0.39, 0.29) is 18.3 Å². The van der Waals surface area contributed by atoms with Crippen molar-refractivity contribution in [3.63, 3.8) is 0 Å². The number of ether oxygens (including phenoxy) is 1. The van der Waals surface area contributed by atoms with Crippen LogP contribution in [0.2, 0.25) is 0 Å². The first kappa shape index (κ1) is 16.2. The van der Waals surface area contributed by atoms with Crippen molar-refractivity contribution >= 4 is 23.9 Å². The van der Waals surface area contributed by atoms with Crippen LogP contribution in [0.4, 0.5) is 5.82 Å². The second-order valence-electron chi connectivity index (χ2n) is 5.14. The number of ketones is 1. The van der Waals surface area contributed by atoms with Crippen LogP contribution in [-0.2, 0) is 16.1 Å². The van der Waals surface area contributed by atoms with E-state index in [1.165, 1.54) is 6.34 Å². The monoisotopic (exact) mass is 306 g/mol.